The van der Waals surface area contributed by atoms with E-state index in [2.05, 4.69) is 32.7 Å². The SMILES string of the molecule is Fc1ccc(-n2cc(CN3CC(Cc4cccs4)C3)nn2)c(Cl)c1. The molecule has 0 aliphatic carbocycles. The number of aromatic nitrogens is 3. The first-order valence-corrected chi connectivity index (χ1v) is 9.04. The van der Waals surface area contributed by atoms with Crippen LogP contribution in [0, 0.1) is 11.7 Å². The van der Waals surface area contributed by atoms with Gasteiger partial charge in [0.1, 0.15) is 5.82 Å². The molecule has 124 valence electrons. The van der Waals surface area contributed by atoms with E-state index in [-0.39, 0.29) is 5.82 Å². The Morgan fingerprint density at radius 2 is 2.17 bits per heavy atom. The normalized spacial score (nSPS) is 15.6. The molecule has 3 aromatic rings. The minimum absolute atomic E-state index is 0.325. The summed E-state index contributed by atoms with van der Waals surface area (Å²) in [6.07, 6.45) is 3.01. The average molecular weight is 363 g/mol. The molecule has 1 aliphatic heterocycles. The topological polar surface area (TPSA) is 34.0 Å². The van der Waals surface area contributed by atoms with E-state index in [9.17, 15) is 4.39 Å². The molecule has 0 N–H and O–H groups in total. The number of halogens is 2. The third kappa shape index (κ3) is 3.36. The summed E-state index contributed by atoms with van der Waals surface area (Å²) in [7, 11) is 0. The maximum Gasteiger partial charge on any atom is 0.124 e. The van der Waals surface area contributed by atoms with Gasteiger partial charge in [0.2, 0.25) is 0 Å². The summed E-state index contributed by atoms with van der Waals surface area (Å²) < 4.78 is 14.7. The van der Waals surface area contributed by atoms with Crippen LogP contribution in [0.3, 0.4) is 0 Å². The van der Waals surface area contributed by atoms with E-state index in [0.717, 1.165) is 37.7 Å². The Morgan fingerprint density at radius 1 is 1.29 bits per heavy atom. The molecule has 3 heterocycles. The quantitative estimate of drug-likeness (QED) is 0.692. The van der Waals surface area contributed by atoms with Gasteiger partial charge in [-0.15, -0.1) is 16.4 Å². The lowest BCUT2D eigenvalue weighted by Gasteiger charge is -2.38. The van der Waals surface area contributed by atoms with Crippen molar-refractivity contribution in [1.82, 2.24) is 19.9 Å². The van der Waals surface area contributed by atoms with Gasteiger partial charge in [0.05, 0.1) is 22.6 Å². The first-order chi connectivity index (χ1) is 11.7. The van der Waals surface area contributed by atoms with Crippen LogP contribution in [0.15, 0.2) is 41.9 Å². The highest BCUT2D eigenvalue weighted by Gasteiger charge is 2.27. The second kappa shape index (κ2) is 6.63. The second-order valence-electron chi connectivity index (χ2n) is 6.09. The van der Waals surface area contributed by atoms with Gasteiger partial charge in [-0.1, -0.05) is 22.9 Å². The first-order valence-electron chi connectivity index (χ1n) is 7.79. The Balaban J connectivity index is 1.35. The molecule has 0 spiro atoms. The van der Waals surface area contributed by atoms with Crippen LogP contribution in [0.4, 0.5) is 4.39 Å². The molecule has 0 bridgehead atoms. The van der Waals surface area contributed by atoms with Gasteiger partial charge in [-0.2, -0.15) is 0 Å². The molecule has 7 heteroatoms. The molecule has 0 unspecified atom stereocenters. The standard InChI is InChI=1S/C17H16ClFN4S/c18-16-7-13(19)3-4-17(16)23-11-14(20-21-23)10-22-8-12(9-22)6-15-2-1-5-24-15/h1-5,7,11-12H,6,8-10H2. The molecule has 24 heavy (non-hydrogen) atoms. The van der Waals surface area contributed by atoms with Crippen molar-refractivity contribution in [3.05, 3.63) is 63.3 Å². The maximum absolute atomic E-state index is 13.1. The Hall–Kier alpha value is -1.76. The van der Waals surface area contributed by atoms with E-state index in [0.29, 0.717) is 10.7 Å². The Labute approximate surface area is 148 Å². The lowest BCUT2D eigenvalue weighted by Crippen LogP contribution is -2.46. The van der Waals surface area contributed by atoms with Gasteiger partial charge in [-0.05, 0) is 42.0 Å². The number of nitrogens with zero attached hydrogens (tertiary/aromatic N) is 4. The second-order valence-corrected chi connectivity index (χ2v) is 7.53. The summed E-state index contributed by atoms with van der Waals surface area (Å²) in [5.41, 5.74) is 1.53. The molecule has 4 rings (SSSR count). The average Bonchev–Trinajstić information content (AvgIpc) is 3.17. The van der Waals surface area contributed by atoms with Gasteiger partial charge in [-0.3, -0.25) is 4.90 Å². The monoisotopic (exact) mass is 362 g/mol. The summed E-state index contributed by atoms with van der Waals surface area (Å²) in [5, 5.41) is 10.8. The summed E-state index contributed by atoms with van der Waals surface area (Å²) in [5.74, 6) is 0.367. The van der Waals surface area contributed by atoms with Gasteiger partial charge in [0.15, 0.2) is 0 Å². The largest absolute Gasteiger partial charge is 0.297 e. The van der Waals surface area contributed by atoms with Crippen molar-refractivity contribution in [3.63, 3.8) is 0 Å². The van der Waals surface area contributed by atoms with Gasteiger partial charge >= 0.3 is 0 Å². The van der Waals surface area contributed by atoms with Gasteiger partial charge in [-0.25, -0.2) is 9.07 Å². The van der Waals surface area contributed by atoms with Crippen molar-refractivity contribution in [2.24, 2.45) is 5.92 Å². The minimum Gasteiger partial charge on any atom is -0.297 e. The molecule has 1 aliphatic rings. The molecule has 1 aromatic carbocycles. The number of likely N-dealkylation sites (tertiary alicyclic amines) is 1. The molecular weight excluding hydrogens is 347 g/mol. The lowest BCUT2D eigenvalue weighted by molar-refractivity contribution is 0.0917. The third-order valence-electron chi connectivity index (χ3n) is 4.19. The van der Waals surface area contributed by atoms with Crippen LogP contribution < -0.4 is 0 Å². The highest BCUT2D eigenvalue weighted by atomic mass is 35.5. The lowest BCUT2D eigenvalue weighted by atomic mass is 9.95. The number of thiophene rings is 1. The summed E-state index contributed by atoms with van der Waals surface area (Å²) >= 11 is 7.89. The fourth-order valence-electron chi connectivity index (χ4n) is 3.03. The van der Waals surface area contributed by atoms with E-state index < -0.39 is 0 Å². The fourth-order valence-corrected chi connectivity index (χ4v) is 4.11. The Morgan fingerprint density at radius 3 is 2.92 bits per heavy atom. The van der Waals surface area contributed by atoms with Crippen LogP contribution in [0.25, 0.3) is 5.69 Å². The van der Waals surface area contributed by atoms with Gasteiger partial charge in [0, 0.05) is 24.5 Å². The van der Waals surface area contributed by atoms with Crippen LogP contribution in [-0.2, 0) is 13.0 Å². The van der Waals surface area contributed by atoms with E-state index >= 15 is 0 Å². The molecular formula is C17H16ClFN4S. The van der Waals surface area contributed by atoms with E-state index in [4.69, 9.17) is 11.6 Å². The Kier molecular flexibility index (Phi) is 4.35. The van der Waals surface area contributed by atoms with Crippen molar-refractivity contribution in [2.75, 3.05) is 13.1 Å². The molecule has 0 saturated carbocycles. The van der Waals surface area contributed by atoms with Crippen LogP contribution >= 0.6 is 22.9 Å². The molecule has 1 saturated heterocycles. The van der Waals surface area contributed by atoms with Gasteiger partial charge in [0.25, 0.3) is 0 Å². The van der Waals surface area contributed by atoms with Crippen molar-refractivity contribution >= 4 is 22.9 Å². The molecule has 1 fully saturated rings. The zero-order valence-corrected chi connectivity index (χ0v) is 14.5. The molecule has 0 atom stereocenters. The molecule has 2 aromatic heterocycles. The summed E-state index contributed by atoms with van der Waals surface area (Å²) in [6, 6.07) is 8.56. The minimum atomic E-state index is -0.360. The molecule has 4 nitrogen and oxygen atoms in total. The highest BCUT2D eigenvalue weighted by molar-refractivity contribution is 7.09. The van der Waals surface area contributed by atoms with Crippen molar-refractivity contribution in [1.29, 1.82) is 0 Å². The highest BCUT2D eigenvalue weighted by Crippen LogP contribution is 2.25. The number of benzene rings is 1. The first kappa shape index (κ1) is 15.7. The molecule has 0 radical (unpaired) electrons. The van der Waals surface area contributed by atoms with E-state index in [1.54, 1.807) is 10.7 Å². The number of hydrogen-bond donors (Lipinski definition) is 0. The summed E-state index contributed by atoms with van der Waals surface area (Å²) in [4.78, 5) is 3.82. The zero-order chi connectivity index (χ0) is 16.5. The maximum atomic E-state index is 13.1. The van der Waals surface area contributed by atoms with Crippen LogP contribution in [0.5, 0.6) is 0 Å². The number of rotatable bonds is 5. The molecule has 0 amide bonds. The summed E-state index contributed by atoms with van der Waals surface area (Å²) in [6.45, 7) is 2.95. The van der Waals surface area contributed by atoms with Crippen LogP contribution in [0.2, 0.25) is 5.02 Å². The Bertz CT molecular complexity index is 827. The van der Waals surface area contributed by atoms with Crippen LogP contribution in [0.1, 0.15) is 10.6 Å². The van der Waals surface area contributed by atoms with Crippen LogP contribution in [-0.4, -0.2) is 33.0 Å². The van der Waals surface area contributed by atoms with E-state index in [1.165, 1.54) is 17.0 Å². The van der Waals surface area contributed by atoms with Crippen molar-refractivity contribution < 1.29 is 4.39 Å². The van der Waals surface area contributed by atoms with Crippen molar-refractivity contribution in [3.8, 4) is 5.69 Å². The van der Waals surface area contributed by atoms with Gasteiger partial charge < -0.3 is 0 Å². The fraction of sp³-hybridized carbons (Fsp3) is 0.294. The predicted octanol–water partition coefficient (Wildman–Crippen LogP) is 3.80. The number of hydrogen-bond acceptors (Lipinski definition) is 4. The predicted molar refractivity (Wildman–Crippen MR) is 93.1 cm³/mol. The van der Waals surface area contributed by atoms with Crippen molar-refractivity contribution in [2.45, 2.75) is 13.0 Å². The third-order valence-corrected chi connectivity index (χ3v) is 5.39. The smallest absolute Gasteiger partial charge is 0.124 e. The van der Waals surface area contributed by atoms with E-state index in [1.807, 2.05) is 17.5 Å². The zero-order valence-electron chi connectivity index (χ0n) is 12.9.